The zero-order chi connectivity index (χ0) is 25.0. The number of carbonyl (C=O) groups is 3. The number of alkyl carbamates (subject to hydrolysis) is 1. The summed E-state index contributed by atoms with van der Waals surface area (Å²) in [6.45, 7) is 9.26. The van der Waals surface area contributed by atoms with E-state index in [1.165, 1.54) is 0 Å². The zero-order valence-corrected chi connectivity index (χ0v) is 20.4. The maximum Gasteiger partial charge on any atom is 0.407 e. The fourth-order valence-corrected chi connectivity index (χ4v) is 4.23. The minimum atomic E-state index is -0.974. The van der Waals surface area contributed by atoms with E-state index >= 15 is 0 Å². The lowest BCUT2D eigenvalue weighted by molar-refractivity contribution is -0.138. The Hall–Kier alpha value is -3.35. The summed E-state index contributed by atoms with van der Waals surface area (Å²) in [5, 5.41) is 14.7. The van der Waals surface area contributed by atoms with E-state index in [1.807, 2.05) is 45.0 Å². The van der Waals surface area contributed by atoms with Crippen molar-refractivity contribution in [3.63, 3.8) is 0 Å². The average Bonchev–Trinajstić information content (AvgIpc) is 3.09. The summed E-state index contributed by atoms with van der Waals surface area (Å²) < 4.78 is 5.57. The highest BCUT2D eigenvalue weighted by molar-refractivity contribution is 5.81. The molecule has 1 aliphatic rings. The normalized spacial score (nSPS) is 15.4. The molecular weight excluding hydrogens is 432 g/mol. The molecule has 2 aromatic carbocycles. The fourth-order valence-electron chi connectivity index (χ4n) is 4.23. The van der Waals surface area contributed by atoms with Crippen LogP contribution in [0.25, 0.3) is 11.1 Å². The van der Waals surface area contributed by atoms with Gasteiger partial charge >= 0.3 is 12.1 Å². The third kappa shape index (κ3) is 5.76. The van der Waals surface area contributed by atoms with E-state index in [9.17, 15) is 19.5 Å². The van der Waals surface area contributed by atoms with Crippen LogP contribution in [-0.2, 0) is 14.3 Å². The molecule has 7 nitrogen and oxygen atoms in total. The van der Waals surface area contributed by atoms with Gasteiger partial charge in [-0.25, -0.2) is 4.79 Å². The van der Waals surface area contributed by atoms with Crippen molar-refractivity contribution < 1.29 is 24.2 Å². The van der Waals surface area contributed by atoms with Gasteiger partial charge in [-0.15, -0.1) is 0 Å². The second-order valence-electron chi connectivity index (χ2n) is 10.1. The molecule has 3 unspecified atom stereocenters. The lowest BCUT2D eigenvalue weighted by atomic mass is 9.84. The maximum absolute atomic E-state index is 12.8. The number of benzene rings is 2. The van der Waals surface area contributed by atoms with Crippen LogP contribution < -0.4 is 10.6 Å². The number of aliphatic carboxylic acids is 1. The van der Waals surface area contributed by atoms with Crippen LogP contribution in [0.1, 0.15) is 58.1 Å². The highest BCUT2D eigenvalue weighted by Crippen LogP contribution is 2.44. The first-order valence-electron chi connectivity index (χ1n) is 11.6. The average molecular weight is 467 g/mol. The van der Waals surface area contributed by atoms with E-state index in [-0.39, 0.29) is 24.9 Å². The SMILES string of the molecule is CC(NC(=O)OCC1c2ccccc2-c2ccccc21)C(C)C(=O)NC(CC(=O)O)C(C)(C)C. The monoisotopic (exact) mass is 466 g/mol. The highest BCUT2D eigenvalue weighted by atomic mass is 16.5. The third-order valence-corrected chi connectivity index (χ3v) is 6.59. The van der Waals surface area contributed by atoms with Crippen LogP contribution in [0.15, 0.2) is 48.5 Å². The summed E-state index contributed by atoms with van der Waals surface area (Å²) in [5.74, 6) is -1.90. The van der Waals surface area contributed by atoms with Gasteiger partial charge in [-0.1, -0.05) is 76.2 Å². The predicted molar refractivity (Wildman–Crippen MR) is 130 cm³/mol. The highest BCUT2D eigenvalue weighted by Gasteiger charge is 2.32. The summed E-state index contributed by atoms with van der Waals surface area (Å²) in [6, 6.07) is 15.2. The summed E-state index contributed by atoms with van der Waals surface area (Å²) in [7, 11) is 0. The minimum Gasteiger partial charge on any atom is -0.481 e. The van der Waals surface area contributed by atoms with E-state index in [0.29, 0.717) is 0 Å². The number of hydrogen-bond donors (Lipinski definition) is 3. The van der Waals surface area contributed by atoms with Gasteiger partial charge in [-0.2, -0.15) is 0 Å². The van der Waals surface area contributed by atoms with Crippen molar-refractivity contribution in [2.45, 2.75) is 59.0 Å². The molecule has 2 amide bonds. The number of hydrogen-bond acceptors (Lipinski definition) is 4. The van der Waals surface area contributed by atoms with Gasteiger partial charge in [0.05, 0.1) is 12.3 Å². The fraction of sp³-hybridized carbons (Fsp3) is 0.444. The van der Waals surface area contributed by atoms with Crippen molar-refractivity contribution in [1.82, 2.24) is 10.6 Å². The number of ether oxygens (including phenoxy) is 1. The molecule has 3 rings (SSSR count). The minimum absolute atomic E-state index is 0.0438. The van der Waals surface area contributed by atoms with Crippen LogP contribution >= 0.6 is 0 Å². The van der Waals surface area contributed by atoms with Gasteiger partial charge in [0.15, 0.2) is 0 Å². The molecule has 0 heterocycles. The number of carbonyl (C=O) groups excluding carboxylic acids is 2. The van der Waals surface area contributed by atoms with Crippen molar-refractivity contribution in [3.05, 3.63) is 59.7 Å². The number of fused-ring (bicyclic) bond motifs is 3. The standard InChI is InChI=1S/C27H34N2O5/c1-16(25(32)29-23(14-24(30)31)27(3,4)5)17(2)28-26(33)34-15-22-20-12-8-6-10-18(20)19-11-7-9-13-21(19)22/h6-13,16-17,22-23H,14-15H2,1-5H3,(H,28,33)(H,29,32)(H,30,31). The number of rotatable bonds is 8. The molecule has 182 valence electrons. The Balaban J connectivity index is 1.58. The molecule has 3 atom stereocenters. The van der Waals surface area contributed by atoms with Crippen molar-refractivity contribution in [2.75, 3.05) is 6.61 Å². The molecule has 0 spiro atoms. The molecule has 0 aliphatic heterocycles. The van der Waals surface area contributed by atoms with Crippen LogP contribution in [-0.4, -0.2) is 41.8 Å². The van der Waals surface area contributed by atoms with Gasteiger partial charge in [0, 0.05) is 18.0 Å². The van der Waals surface area contributed by atoms with Gasteiger partial charge < -0.3 is 20.5 Å². The van der Waals surface area contributed by atoms with E-state index in [0.717, 1.165) is 22.3 Å². The Morgan fingerprint density at radius 2 is 1.47 bits per heavy atom. The lowest BCUT2D eigenvalue weighted by Crippen LogP contribution is -2.50. The van der Waals surface area contributed by atoms with Crippen molar-refractivity contribution in [2.24, 2.45) is 11.3 Å². The molecule has 2 aromatic rings. The summed E-state index contributed by atoms with van der Waals surface area (Å²) >= 11 is 0. The first kappa shape index (κ1) is 25.3. The van der Waals surface area contributed by atoms with Crippen molar-refractivity contribution >= 4 is 18.0 Å². The van der Waals surface area contributed by atoms with E-state index in [1.54, 1.807) is 13.8 Å². The second-order valence-corrected chi connectivity index (χ2v) is 10.1. The van der Waals surface area contributed by atoms with Gasteiger partial charge in [0.25, 0.3) is 0 Å². The Labute approximate surface area is 200 Å². The number of carboxylic acid groups (broad SMARTS) is 1. The Morgan fingerprint density at radius 3 is 1.97 bits per heavy atom. The third-order valence-electron chi connectivity index (χ3n) is 6.59. The number of carboxylic acids is 1. The smallest absolute Gasteiger partial charge is 0.407 e. The topological polar surface area (TPSA) is 105 Å². The second kappa shape index (κ2) is 10.3. The van der Waals surface area contributed by atoms with E-state index < -0.39 is 35.5 Å². The largest absolute Gasteiger partial charge is 0.481 e. The number of amides is 2. The Morgan fingerprint density at radius 1 is 0.941 bits per heavy atom. The van der Waals surface area contributed by atoms with Gasteiger partial charge in [0.1, 0.15) is 6.61 Å². The zero-order valence-electron chi connectivity index (χ0n) is 20.4. The molecular formula is C27H34N2O5. The van der Waals surface area contributed by atoms with Crippen molar-refractivity contribution in [1.29, 1.82) is 0 Å². The van der Waals surface area contributed by atoms with E-state index in [4.69, 9.17) is 4.74 Å². The molecule has 0 fully saturated rings. The first-order chi connectivity index (χ1) is 16.0. The van der Waals surface area contributed by atoms with Crippen LogP contribution in [0, 0.1) is 11.3 Å². The lowest BCUT2D eigenvalue weighted by Gasteiger charge is -2.32. The molecule has 0 radical (unpaired) electrons. The summed E-state index contributed by atoms with van der Waals surface area (Å²) in [5.41, 5.74) is 4.14. The number of nitrogens with one attached hydrogen (secondary N) is 2. The Bertz CT molecular complexity index is 1010. The van der Waals surface area contributed by atoms with Gasteiger partial charge in [-0.3, -0.25) is 9.59 Å². The summed E-state index contributed by atoms with van der Waals surface area (Å²) in [4.78, 5) is 36.5. The van der Waals surface area contributed by atoms with Gasteiger partial charge in [0.2, 0.25) is 5.91 Å². The molecule has 34 heavy (non-hydrogen) atoms. The van der Waals surface area contributed by atoms with E-state index in [2.05, 4.69) is 34.9 Å². The molecule has 0 saturated heterocycles. The van der Waals surface area contributed by atoms with Crippen LogP contribution in [0.4, 0.5) is 4.79 Å². The summed E-state index contributed by atoms with van der Waals surface area (Å²) in [6.07, 6.45) is -0.761. The predicted octanol–water partition coefficient (Wildman–Crippen LogP) is 4.56. The Kier molecular flexibility index (Phi) is 7.64. The van der Waals surface area contributed by atoms with Crippen LogP contribution in [0.2, 0.25) is 0 Å². The van der Waals surface area contributed by atoms with Gasteiger partial charge in [-0.05, 0) is 34.6 Å². The molecule has 0 saturated carbocycles. The quantitative estimate of drug-likeness (QED) is 0.529. The molecule has 0 aromatic heterocycles. The van der Waals surface area contributed by atoms with Crippen LogP contribution in [0.3, 0.4) is 0 Å². The van der Waals surface area contributed by atoms with Crippen molar-refractivity contribution in [3.8, 4) is 11.1 Å². The molecule has 0 bridgehead atoms. The molecule has 7 heteroatoms. The maximum atomic E-state index is 12.8. The molecule has 1 aliphatic carbocycles. The first-order valence-corrected chi connectivity index (χ1v) is 11.6. The molecule has 3 N–H and O–H groups in total. The van der Waals surface area contributed by atoms with Crippen LogP contribution in [0.5, 0.6) is 0 Å².